The van der Waals surface area contributed by atoms with Crippen molar-refractivity contribution in [1.82, 2.24) is 5.32 Å². The van der Waals surface area contributed by atoms with Crippen LogP contribution in [0, 0.1) is 12.3 Å². The Morgan fingerprint density at radius 2 is 2.07 bits per heavy atom. The van der Waals surface area contributed by atoms with Gasteiger partial charge in [-0.2, -0.15) is 13.2 Å². The highest BCUT2D eigenvalue weighted by Crippen LogP contribution is 2.36. The Hall–Kier alpha value is -1.34. The molecule has 0 aromatic heterocycles. The van der Waals surface area contributed by atoms with Gasteiger partial charge in [-0.05, 0) is 18.2 Å². The summed E-state index contributed by atoms with van der Waals surface area (Å²) in [5, 5.41) is 3.40. The predicted octanol–water partition coefficient (Wildman–Crippen LogP) is 3.23. The number of halogens is 4. The van der Waals surface area contributed by atoms with E-state index in [1.54, 1.807) is 0 Å². The standard InChI is InChI=1S/C10H6ClF3N/c1-2-5-15-7-3-4-9(11)8(6-7)10(12,13)14/h1,3-4,6H,5H2. The van der Waals surface area contributed by atoms with Crippen LogP contribution in [0.4, 0.5) is 18.9 Å². The van der Waals surface area contributed by atoms with Gasteiger partial charge in [0.15, 0.2) is 0 Å². The number of benzene rings is 1. The molecule has 1 rings (SSSR count). The summed E-state index contributed by atoms with van der Waals surface area (Å²) in [7, 11) is 0. The summed E-state index contributed by atoms with van der Waals surface area (Å²) in [6.07, 6.45) is 0.465. The maximum Gasteiger partial charge on any atom is 0.417 e. The van der Waals surface area contributed by atoms with Gasteiger partial charge in [0.2, 0.25) is 0 Å². The quantitative estimate of drug-likeness (QED) is 0.695. The van der Waals surface area contributed by atoms with Gasteiger partial charge in [-0.1, -0.05) is 17.5 Å². The first kappa shape index (κ1) is 11.7. The second-order valence-corrected chi connectivity index (χ2v) is 3.09. The zero-order valence-electron chi connectivity index (χ0n) is 7.48. The van der Waals surface area contributed by atoms with Crippen LogP contribution in [-0.4, -0.2) is 6.54 Å². The third kappa shape index (κ3) is 3.07. The molecule has 0 aliphatic heterocycles. The first-order valence-electron chi connectivity index (χ1n) is 3.93. The minimum Gasteiger partial charge on any atom is -0.272 e. The van der Waals surface area contributed by atoms with Crippen LogP contribution in [0.25, 0.3) is 0 Å². The molecular weight excluding hydrogens is 227 g/mol. The van der Waals surface area contributed by atoms with Crippen LogP contribution in [0.3, 0.4) is 0 Å². The molecule has 0 saturated carbocycles. The molecule has 0 spiro atoms. The summed E-state index contributed by atoms with van der Waals surface area (Å²) in [6.45, 7) is 0.0406. The first-order chi connectivity index (χ1) is 6.95. The van der Waals surface area contributed by atoms with Gasteiger partial charge < -0.3 is 0 Å². The summed E-state index contributed by atoms with van der Waals surface area (Å²) >= 11 is 5.41. The highest BCUT2D eigenvalue weighted by molar-refractivity contribution is 6.31. The fourth-order valence-corrected chi connectivity index (χ4v) is 1.19. The van der Waals surface area contributed by atoms with E-state index in [0.29, 0.717) is 0 Å². The second-order valence-electron chi connectivity index (χ2n) is 2.68. The third-order valence-electron chi connectivity index (χ3n) is 1.61. The lowest BCUT2D eigenvalue weighted by atomic mass is 10.2. The molecule has 0 amide bonds. The van der Waals surface area contributed by atoms with Crippen molar-refractivity contribution in [2.24, 2.45) is 0 Å². The SMILES string of the molecule is C#CC[N]c1ccc(Cl)c(C(F)(F)F)c1. The van der Waals surface area contributed by atoms with Crippen molar-refractivity contribution in [3.63, 3.8) is 0 Å². The topological polar surface area (TPSA) is 14.1 Å². The van der Waals surface area contributed by atoms with Crippen molar-refractivity contribution in [2.75, 3.05) is 6.54 Å². The largest absolute Gasteiger partial charge is 0.417 e. The maximum absolute atomic E-state index is 12.4. The lowest BCUT2D eigenvalue weighted by Gasteiger charge is -2.10. The van der Waals surface area contributed by atoms with E-state index in [9.17, 15) is 13.2 Å². The summed E-state index contributed by atoms with van der Waals surface area (Å²) in [6, 6.07) is 3.41. The van der Waals surface area contributed by atoms with E-state index < -0.39 is 11.7 Å². The predicted molar refractivity (Wildman–Crippen MR) is 51.9 cm³/mol. The molecule has 0 aliphatic carbocycles. The minimum atomic E-state index is -4.47. The minimum absolute atomic E-state index is 0.0406. The number of nitrogens with zero attached hydrogens (tertiary/aromatic N) is 1. The lowest BCUT2D eigenvalue weighted by Crippen LogP contribution is -2.07. The molecule has 0 bridgehead atoms. The Morgan fingerprint density at radius 1 is 1.40 bits per heavy atom. The average Bonchev–Trinajstić information content (AvgIpc) is 2.15. The van der Waals surface area contributed by atoms with Crippen molar-refractivity contribution in [3.8, 4) is 12.3 Å². The normalized spacial score (nSPS) is 10.9. The van der Waals surface area contributed by atoms with E-state index in [1.807, 2.05) is 0 Å². The fraction of sp³-hybridized carbons (Fsp3) is 0.200. The van der Waals surface area contributed by atoms with E-state index in [0.717, 1.165) is 12.1 Å². The van der Waals surface area contributed by atoms with Gasteiger partial charge in [-0.15, -0.1) is 6.42 Å². The van der Waals surface area contributed by atoms with Crippen molar-refractivity contribution >= 4 is 17.3 Å². The lowest BCUT2D eigenvalue weighted by molar-refractivity contribution is -0.137. The zero-order chi connectivity index (χ0) is 11.5. The Labute approximate surface area is 90.2 Å². The monoisotopic (exact) mass is 232 g/mol. The Balaban J connectivity index is 3.02. The molecule has 1 aromatic carbocycles. The van der Waals surface area contributed by atoms with Gasteiger partial charge in [0.05, 0.1) is 16.3 Å². The molecule has 79 valence electrons. The highest BCUT2D eigenvalue weighted by Gasteiger charge is 2.33. The molecule has 1 nitrogen and oxygen atoms in total. The van der Waals surface area contributed by atoms with Crippen LogP contribution in [0.2, 0.25) is 5.02 Å². The van der Waals surface area contributed by atoms with Crippen LogP contribution < -0.4 is 5.32 Å². The number of terminal acetylenes is 1. The summed E-state index contributed by atoms with van der Waals surface area (Å²) < 4.78 is 37.2. The van der Waals surface area contributed by atoms with E-state index in [2.05, 4.69) is 11.2 Å². The van der Waals surface area contributed by atoms with Gasteiger partial charge in [-0.25, -0.2) is 0 Å². The van der Waals surface area contributed by atoms with Crippen LogP contribution in [0.1, 0.15) is 5.56 Å². The van der Waals surface area contributed by atoms with Gasteiger partial charge in [-0.3, -0.25) is 5.32 Å². The molecule has 0 aliphatic rings. The first-order valence-corrected chi connectivity index (χ1v) is 4.30. The molecular formula is C10H6ClF3N. The third-order valence-corrected chi connectivity index (χ3v) is 1.94. The van der Waals surface area contributed by atoms with Crippen molar-refractivity contribution in [3.05, 3.63) is 28.8 Å². The molecule has 0 saturated heterocycles. The second kappa shape index (κ2) is 4.45. The van der Waals surface area contributed by atoms with E-state index >= 15 is 0 Å². The molecule has 5 heteroatoms. The summed E-state index contributed by atoms with van der Waals surface area (Å²) in [4.78, 5) is 0. The molecule has 0 heterocycles. The number of alkyl halides is 3. The number of hydrogen-bond donors (Lipinski definition) is 0. The molecule has 1 radical (unpaired) electrons. The fourth-order valence-electron chi connectivity index (χ4n) is 0.966. The molecule has 0 fully saturated rings. The van der Waals surface area contributed by atoms with E-state index in [4.69, 9.17) is 18.0 Å². The maximum atomic E-state index is 12.4. The van der Waals surface area contributed by atoms with Gasteiger partial charge in [0.25, 0.3) is 0 Å². The Bertz CT molecular complexity index is 393. The van der Waals surface area contributed by atoms with Gasteiger partial charge in [0.1, 0.15) is 6.54 Å². The van der Waals surface area contributed by atoms with Crippen LogP contribution in [0.15, 0.2) is 18.2 Å². The highest BCUT2D eigenvalue weighted by atomic mass is 35.5. The van der Waals surface area contributed by atoms with Crippen LogP contribution in [0.5, 0.6) is 0 Å². The van der Waals surface area contributed by atoms with Crippen molar-refractivity contribution in [1.29, 1.82) is 0 Å². The molecule has 15 heavy (non-hydrogen) atoms. The molecule has 0 unspecified atom stereocenters. The Kier molecular flexibility index (Phi) is 3.48. The molecule has 0 atom stereocenters. The smallest absolute Gasteiger partial charge is 0.272 e. The van der Waals surface area contributed by atoms with Crippen LogP contribution in [-0.2, 0) is 6.18 Å². The summed E-state index contributed by atoms with van der Waals surface area (Å²) in [5.74, 6) is 2.21. The van der Waals surface area contributed by atoms with E-state index in [-0.39, 0.29) is 17.3 Å². The Morgan fingerprint density at radius 3 is 2.60 bits per heavy atom. The molecule has 0 N–H and O–H groups in total. The summed E-state index contributed by atoms with van der Waals surface area (Å²) in [5.41, 5.74) is -0.730. The number of rotatable bonds is 2. The molecule has 1 aromatic rings. The van der Waals surface area contributed by atoms with E-state index in [1.165, 1.54) is 6.07 Å². The number of hydrogen-bond acceptors (Lipinski definition) is 0. The van der Waals surface area contributed by atoms with Crippen molar-refractivity contribution in [2.45, 2.75) is 6.18 Å². The average molecular weight is 233 g/mol. The van der Waals surface area contributed by atoms with Gasteiger partial charge >= 0.3 is 6.18 Å². The van der Waals surface area contributed by atoms with Gasteiger partial charge in [0, 0.05) is 0 Å². The van der Waals surface area contributed by atoms with Crippen LogP contribution >= 0.6 is 11.6 Å². The zero-order valence-corrected chi connectivity index (χ0v) is 8.23. The van der Waals surface area contributed by atoms with Crippen molar-refractivity contribution < 1.29 is 13.2 Å².